The summed E-state index contributed by atoms with van der Waals surface area (Å²) < 4.78 is 16.6. The molecule has 3 aromatic carbocycles. The smallest absolute Gasteiger partial charge is 0.258 e. The number of benzene rings is 3. The largest absolute Gasteiger partial charge is 0.497 e. The Hall–Kier alpha value is -4.33. The number of carbonyl (C=O) groups is 1. The molecule has 0 saturated carbocycles. The van der Waals surface area contributed by atoms with E-state index in [1.54, 1.807) is 26.2 Å². The van der Waals surface area contributed by atoms with E-state index in [2.05, 4.69) is 4.90 Å². The zero-order valence-electron chi connectivity index (χ0n) is 22.0. The Morgan fingerprint density at radius 2 is 1.63 bits per heavy atom. The highest BCUT2D eigenvalue weighted by atomic mass is 16.5. The summed E-state index contributed by atoms with van der Waals surface area (Å²) in [6.07, 6.45) is 3.45. The summed E-state index contributed by atoms with van der Waals surface area (Å²) in [6, 6.07) is 20.6. The monoisotopic (exact) mass is 512 g/mol. The number of aromatic nitrogens is 2. The molecular weight excluding hydrogens is 480 g/mol. The van der Waals surface area contributed by atoms with E-state index >= 15 is 0 Å². The predicted molar refractivity (Wildman–Crippen MR) is 149 cm³/mol. The van der Waals surface area contributed by atoms with Crippen molar-refractivity contribution in [1.82, 2.24) is 9.97 Å². The van der Waals surface area contributed by atoms with Gasteiger partial charge in [-0.15, -0.1) is 0 Å². The number of hydrogen-bond acceptors (Lipinski definition) is 7. The van der Waals surface area contributed by atoms with E-state index in [0.717, 1.165) is 37.3 Å². The molecule has 8 heteroatoms. The van der Waals surface area contributed by atoms with Crippen LogP contribution in [0.25, 0.3) is 11.0 Å². The van der Waals surface area contributed by atoms with Crippen molar-refractivity contribution in [2.24, 2.45) is 0 Å². The van der Waals surface area contributed by atoms with Crippen molar-refractivity contribution < 1.29 is 19.0 Å². The van der Waals surface area contributed by atoms with Gasteiger partial charge in [0.2, 0.25) is 0 Å². The summed E-state index contributed by atoms with van der Waals surface area (Å²) in [5.41, 5.74) is 3.58. The van der Waals surface area contributed by atoms with Crippen LogP contribution in [0.15, 0.2) is 66.7 Å². The normalized spacial score (nSPS) is 13.3. The predicted octanol–water partition coefficient (Wildman–Crippen LogP) is 5.49. The summed E-state index contributed by atoms with van der Waals surface area (Å²) >= 11 is 0. The number of hydrogen-bond donors (Lipinski definition) is 0. The lowest BCUT2D eigenvalue weighted by Gasteiger charge is -2.28. The summed E-state index contributed by atoms with van der Waals surface area (Å²) in [5, 5.41) is 0. The number of methoxy groups -OCH3 is 3. The molecule has 0 spiro atoms. The van der Waals surface area contributed by atoms with Crippen LogP contribution in [0.3, 0.4) is 0 Å². The van der Waals surface area contributed by atoms with Crippen LogP contribution in [0, 0.1) is 0 Å². The van der Waals surface area contributed by atoms with E-state index in [4.69, 9.17) is 24.2 Å². The second-order valence-corrected chi connectivity index (χ2v) is 9.21. The van der Waals surface area contributed by atoms with Crippen molar-refractivity contribution in [3.05, 3.63) is 77.9 Å². The molecule has 5 rings (SSSR count). The fourth-order valence-corrected chi connectivity index (χ4v) is 4.80. The van der Waals surface area contributed by atoms with Crippen LogP contribution in [0.2, 0.25) is 0 Å². The first kappa shape index (κ1) is 25.3. The molecule has 0 atom stereocenters. The van der Waals surface area contributed by atoms with Crippen LogP contribution in [-0.4, -0.2) is 50.3 Å². The lowest BCUT2D eigenvalue weighted by atomic mass is 10.1. The summed E-state index contributed by atoms with van der Waals surface area (Å²) in [5.74, 6) is 2.47. The molecule has 1 aromatic heterocycles. The van der Waals surface area contributed by atoms with Crippen molar-refractivity contribution in [3.63, 3.8) is 0 Å². The van der Waals surface area contributed by atoms with Gasteiger partial charge in [-0.1, -0.05) is 18.2 Å². The average molecular weight is 513 g/mol. The van der Waals surface area contributed by atoms with Gasteiger partial charge in [-0.2, -0.15) is 0 Å². The molecule has 8 nitrogen and oxygen atoms in total. The molecule has 0 radical (unpaired) electrons. The molecule has 0 bridgehead atoms. The van der Waals surface area contributed by atoms with Gasteiger partial charge in [0.15, 0.2) is 5.82 Å². The van der Waals surface area contributed by atoms with E-state index in [9.17, 15) is 4.79 Å². The zero-order valence-corrected chi connectivity index (χ0v) is 22.0. The second kappa shape index (κ2) is 11.4. The summed E-state index contributed by atoms with van der Waals surface area (Å²) in [6.45, 7) is 2.15. The van der Waals surface area contributed by atoms with Gasteiger partial charge in [0.25, 0.3) is 11.8 Å². The molecule has 1 aliphatic heterocycles. The lowest BCUT2D eigenvalue weighted by molar-refractivity contribution is 0.0985. The van der Waals surface area contributed by atoms with Gasteiger partial charge in [-0.3, -0.25) is 4.79 Å². The van der Waals surface area contributed by atoms with Gasteiger partial charge in [0.05, 0.1) is 38.9 Å². The van der Waals surface area contributed by atoms with Gasteiger partial charge in [0, 0.05) is 36.0 Å². The lowest BCUT2D eigenvalue weighted by Crippen LogP contribution is -2.31. The highest BCUT2D eigenvalue weighted by Gasteiger charge is 2.23. The molecule has 0 aliphatic carbocycles. The minimum atomic E-state index is -0.124. The van der Waals surface area contributed by atoms with Gasteiger partial charge in [0.1, 0.15) is 11.5 Å². The first-order valence-electron chi connectivity index (χ1n) is 12.8. The number of amides is 1. The van der Waals surface area contributed by atoms with Crippen LogP contribution in [0.5, 0.6) is 17.4 Å². The van der Waals surface area contributed by atoms with E-state index in [1.165, 1.54) is 6.42 Å². The SMILES string of the molecule is COc1ccc(CN(C(=O)c2ccccc2)c2ccc3nc(OC)c(N4CCCCC4)nc3c2)c(OC)c1. The molecule has 38 heavy (non-hydrogen) atoms. The highest BCUT2D eigenvalue weighted by Crippen LogP contribution is 2.33. The Morgan fingerprint density at radius 3 is 2.34 bits per heavy atom. The van der Waals surface area contributed by atoms with Gasteiger partial charge in [-0.05, 0) is 61.7 Å². The third-order valence-electron chi connectivity index (χ3n) is 6.85. The first-order chi connectivity index (χ1) is 18.6. The number of piperidine rings is 1. The first-order valence-corrected chi connectivity index (χ1v) is 12.8. The van der Waals surface area contributed by atoms with Crippen LogP contribution < -0.4 is 24.0 Å². The maximum absolute atomic E-state index is 13.8. The number of carbonyl (C=O) groups excluding carboxylic acids is 1. The Morgan fingerprint density at radius 1 is 0.842 bits per heavy atom. The molecule has 1 saturated heterocycles. The molecule has 1 aliphatic rings. The maximum Gasteiger partial charge on any atom is 0.258 e. The minimum absolute atomic E-state index is 0.124. The maximum atomic E-state index is 13.8. The molecule has 196 valence electrons. The third kappa shape index (κ3) is 5.20. The van der Waals surface area contributed by atoms with Crippen LogP contribution in [0.1, 0.15) is 35.2 Å². The Bertz CT molecular complexity index is 1420. The second-order valence-electron chi connectivity index (χ2n) is 9.21. The topological polar surface area (TPSA) is 77.0 Å². The molecule has 0 N–H and O–H groups in total. The quantitative estimate of drug-likeness (QED) is 0.309. The van der Waals surface area contributed by atoms with Crippen molar-refractivity contribution in [2.45, 2.75) is 25.8 Å². The van der Waals surface area contributed by atoms with Gasteiger partial charge < -0.3 is 24.0 Å². The molecule has 4 aromatic rings. The third-order valence-corrected chi connectivity index (χ3v) is 6.85. The molecule has 2 heterocycles. The molecule has 1 fully saturated rings. The van der Waals surface area contributed by atoms with E-state index < -0.39 is 0 Å². The van der Waals surface area contributed by atoms with Gasteiger partial charge in [-0.25, -0.2) is 9.97 Å². The fourth-order valence-electron chi connectivity index (χ4n) is 4.80. The average Bonchev–Trinajstić information content (AvgIpc) is 2.99. The van der Waals surface area contributed by atoms with Crippen LogP contribution >= 0.6 is 0 Å². The fraction of sp³-hybridized carbons (Fsp3) is 0.300. The molecular formula is C30H32N4O4. The van der Waals surface area contributed by atoms with Crippen molar-refractivity contribution in [1.29, 1.82) is 0 Å². The minimum Gasteiger partial charge on any atom is -0.497 e. The number of rotatable bonds is 8. The highest BCUT2D eigenvalue weighted by molar-refractivity contribution is 6.06. The van der Waals surface area contributed by atoms with Crippen LogP contribution in [0.4, 0.5) is 11.5 Å². The summed E-state index contributed by atoms with van der Waals surface area (Å²) in [4.78, 5) is 27.5. The van der Waals surface area contributed by atoms with E-state index in [0.29, 0.717) is 46.2 Å². The van der Waals surface area contributed by atoms with E-state index in [1.807, 2.05) is 66.7 Å². The van der Waals surface area contributed by atoms with E-state index in [-0.39, 0.29) is 5.91 Å². The number of nitrogens with zero attached hydrogens (tertiary/aromatic N) is 4. The number of fused-ring (bicyclic) bond motifs is 1. The molecule has 1 amide bonds. The number of ether oxygens (including phenoxy) is 3. The standard InChI is InChI=1S/C30H32N4O4/c1-36-24-14-12-22(27(19-24)37-2)20-34(30(35)21-10-6-4-7-11-21)23-13-15-25-26(18-23)31-28(29(32-25)38-3)33-16-8-5-9-17-33/h4,6-7,10-15,18-19H,5,8-9,16-17,20H2,1-3H3. The van der Waals surface area contributed by atoms with Crippen LogP contribution in [-0.2, 0) is 6.54 Å². The van der Waals surface area contributed by atoms with Crippen molar-refractivity contribution in [2.75, 3.05) is 44.2 Å². The van der Waals surface area contributed by atoms with Gasteiger partial charge >= 0.3 is 0 Å². The summed E-state index contributed by atoms with van der Waals surface area (Å²) in [7, 11) is 4.85. The number of anilines is 2. The van der Waals surface area contributed by atoms with Crippen molar-refractivity contribution in [3.8, 4) is 17.4 Å². The Labute approximate surface area is 222 Å². The Kier molecular flexibility index (Phi) is 7.58. The molecule has 0 unspecified atom stereocenters. The van der Waals surface area contributed by atoms with Crippen molar-refractivity contribution >= 4 is 28.4 Å². The Balaban J connectivity index is 1.58. The zero-order chi connectivity index (χ0) is 26.5.